The van der Waals surface area contributed by atoms with Crippen molar-refractivity contribution < 1.29 is 13.4 Å². The second kappa shape index (κ2) is 12.3. The van der Waals surface area contributed by atoms with Gasteiger partial charge in [0.2, 0.25) is 0 Å². The fraction of sp³-hybridized carbons (Fsp3) is 0.444. The van der Waals surface area contributed by atoms with Crippen LogP contribution in [0.15, 0.2) is 35.3 Å². The molecule has 0 N–H and O–H groups in total. The summed E-state index contributed by atoms with van der Waals surface area (Å²) in [6, 6.07) is 7.66. The number of ether oxygens (including phenoxy) is 2. The van der Waals surface area contributed by atoms with E-state index in [1.807, 2.05) is 24.3 Å². The zero-order valence-electron chi connectivity index (χ0n) is 15.0. The predicted molar refractivity (Wildman–Crippen MR) is 110 cm³/mol. The van der Waals surface area contributed by atoms with Gasteiger partial charge in [-0.3, -0.25) is 4.79 Å². The largest absolute Gasteiger partial charge is 0.485 e. The van der Waals surface area contributed by atoms with Gasteiger partial charge in [-0.2, -0.15) is 13.1 Å². The standard InChI is InChI=1S/C18H22ClFN2O3S2/c1-2-3-9-27-22-18(23)17(19)16(11-21-22)25-13-15-6-4-14(5-7-15)12-24-8-10-26-20/h4-7,11H,2-3,8-10,12-13H2,1H3. The molecule has 0 aliphatic carbocycles. The van der Waals surface area contributed by atoms with E-state index in [0.717, 1.165) is 29.7 Å². The van der Waals surface area contributed by atoms with Gasteiger partial charge < -0.3 is 9.47 Å². The van der Waals surface area contributed by atoms with E-state index >= 15 is 0 Å². The highest BCUT2D eigenvalue weighted by Gasteiger charge is 2.11. The van der Waals surface area contributed by atoms with E-state index in [0.29, 0.717) is 19.0 Å². The van der Waals surface area contributed by atoms with E-state index in [1.165, 1.54) is 22.2 Å². The number of nitrogens with zero attached hydrogens (tertiary/aromatic N) is 2. The normalized spacial score (nSPS) is 10.9. The van der Waals surface area contributed by atoms with Crippen LogP contribution in [-0.4, -0.2) is 27.3 Å². The van der Waals surface area contributed by atoms with Crippen molar-refractivity contribution in [3.05, 3.63) is 57.0 Å². The molecule has 0 bridgehead atoms. The molecule has 0 aliphatic heterocycles. The highest BCUT2D eigenvalue weighted by molar-refractivity contribution is 7.97. The highest BCUT2D eigenvalue weighted by atomic mass is 35.5. The Labute approximate surface area is 172 Å². The van der Waals surface area contributed by atoms with Crippen molar-refractivity contribution >= 4 is 35.7 Å². The predicted octanol–water partition coefficient (Wildman–Crippen LogP) is 4.91. The van der Waals surface area contributed by atoms with Gasteiger partial charge in [-0.25, -0.2) is 0 Å². The van der Waals surface area contributed by atoms with Crippen LogP contribution in [0.25, 0.3) is 0 Å². The molecular weight excluding hydrogens is 411 g/mol. The number of benzene rings is 1. The number of unbranched alkanes of at least 4 members (excludes halogenated alkanes) is 1. The van der Waals surface area contributed by atoms with Crippen LogP contribution in [0.3, 0.4) is 0 Å². The average molecular weight is 433 g/mol. The summed E-state index contributed by atoms with van der Waals surface area (Å²) in [4.78, 5) is 12.2. The van der Waals surface area contributed by atoms with Gasteiger partial charge in [-0.15, -0.1) is 0 Å². The first-order valence-corrected chi connectivity index (χ1v) is 10.8. The Morgan fingerprint density at radius 1 is 1.19 bits per heavy atom. The quantitative estimate of drug-likeness (QED) is 0.444. The third-order valence-electron chi connectivity index (χ3n) is 3.56. The van der Waals surface area contributed by atoms with Gasteiger partial charge >= 0.3 is 0 Å². The summed E-state index contributed by atoms with van der Waals surface area (Å²) in [7, 11) is 0. The molecule has 1 heterocycles. The highest BCUT2D eigenvalue weighted by Crippen LogP contribution is 2.21. The number of aromatic nitrogens is 2. The van der Waals surface area contributed by atoms with E-state index < -0.39 is 0 Å². The van der Waals surface area contributed by atoms with Gasteiger partial charge in [-0.1, -0.05) is 49.2 Å². The van der Waals surface area contributed by atoms with Gasteiger partial charge in [0.05, 0.1) is 19.4 Å². The minimum atomic E-state index is -0.366. The minimum Gasteiger partial charge on any atom is -0.485 e. The first kappa shape index (κ1) is 22.1. The monoisotopic (exact) mass is 432 g/mol. The molecule has 0 spiro atoms. The molecule has 1 aromatic carbocycles. The molecule has 9 heteroatoms. The molecular formula is C18H22ClFN2O3S2. The maximum absolute atomic E-state index is 12.2. The fourth-order valence-corrected chi connectivity index (χ4v) is 3.39. The van der Waals surface area contributed by atoms with Crippen LogP contribution in [0.5, 0.6) is 5.75 Å². The maximum atomic E-state index is 12.2. The number of hydrogen-bond acceptors (Lipinski definition) is 6. The van der Waals surface area contributed by atoms with Crippen LogP contribution in [0.4, 0.5) is 3.89 Å². The van der Waals surface area contributed by atoms with Gasteiger partial charge in [0.15, 0.2) is 10.8 Å². The van der Waals surface area contributed by atoms with Gasteiger partial charge in [0.25, 0.3) is 5.56 Å². The molecule has 1 aromatic heterocycles. The first-order valence-electron chi connectivity index (χ1n) is 8.58. The van der Waals surface area contributed by atoms with Gasteiger partial charge in [-0.05, 0) is 29.5 Å². The van der Waals surface area contributed by atoms with E-state index in [1.54, 1.807) is 0 Å². The summed E-state index contributed by atoms with van der Waals surface area (Å²) in [6.45, 7) is 3.17. The van der Waals surface area contributed by atoms with Gasteiger partial charge in [0.1, 0.15) is 6.61 Å². The number of halogens is 2. The second-order valence-corrected chi connectivity index (χ2v) is 7.68. The summed E-state index contributed by atoms with van der Waals surface area (Å²) >= 11 is 7.74. The van der Waals surface area contributed by atoms with Crippen molar-refractivity contribution in [3.8, 4) is 5.75 Å². The van der Waals surface area contributed by atoms with Crippen molar-refractivity contribution in [2.45, 2.75) is 33.0 Å². The Kier molecular flexibility index (Phi) is 10.0. The van der Waals surface area contributed by atoms with Crippen LogP contribution in [0, 0.1) is 0 Å². The molecule has 0 aliphatic rings. The lowest BCUT2D eigenvalue weighted by atomic mass is 10.1. The summed E-state index contributed by atoms with van der Waals surface area (Å²) in [6.07, 6.45) is 3.52. The zero-order valence-corrected chi connectivity index (χ0v) is 17.4. The van der Waals surface area contributed by atoms with Gasteiger partial charge in [0, 0.05) is 23.7 Å². The third kappa shape index (κ3) is 7.37. The van der Waals surface area contributed by atoms with E-state index in [-0.39, 0.29) is 35.1 Å². The molecule has 0 unspecified atom stereocenters. The molecule has 2 aromatic rings. The zero-order chi connectivity index (χ0) is 19.5. The lowest BCUT2D eigenvalue weighted by Crippen LogP contribution is -2.19. The SMILES string of the molecule is CCCCSn1ncc(OCc2ccc(COCCSF)cc2)c(Cl)c1=O. The van der Waals surface area contributed by atoms with Crippen LogP contribution < -0.4 is 10.3 Å². The molecule has 0 amide bonds. The lowest BCUT2D eigenvalue weighted by molar-refractivity contribution is 0.136. The summed E-state index contributed by atoms with van der Waals surface area (Å²) in [5.74, 6) is 1.41. The minimum absolute atomic E-state index is 0.0322. The molecule has 0 saturated carbocycles. The molecule has 0 radical (unpaired) electrons. The average Bonchev–Trinajstić information content (AvgIpc) is 2.69. The number of rotatable bonds is 12. The van der Waals surface area contributed by atoms with Crippen molar-refractivity contribution in [1.82, 2.24) is 9.19 Å². The summed E-state index contributed by atoms with van der Waals surface area (Å²) < 4.78 is 24.2. The van der Waals surface area contributed by atoms with E-state index in [2.05, 4.69) is 12.0 Å². The molecule has 148 valence electrons. The Hall–Kier alpha value is -1.22. The Morgan fingerprint density at radius 3 is 2.56 bits per heavy atom. The molecule has 0 atom stereocenters. The molecule has 0 fully saturated rings. The smallest absolute Gasteiger partial charge is 0.299 e. The second-order valence-electron chi connectivity index (χ2n) is 5.66. The van der Waals surface area contributed by atoms with Crippen LogP contribution in [-0.2, 0) is 18.0 Å². The van der Waals surface area contributed by atoms with Crippen LogP contribution in [0.1, 0.15) is 30.9 Å². The van der Waals surface area contributed by atoms with Crippen molar-refractivity contribution in [1.29, 1.82) is 0 Å². The van der Waals surface area contributed by atoms with Crippen LogP contribution >= 0.6 is 35.7 Å². The maximum Gasteiger partial charge on any atom is 0.299 e. The van der Waals surface area contributed by atoms with Crippen molar-refractivity contribution in [2.24, 2.45) is 0 Å². The first-order chi connectivity index (χ1) is 13.2. The molecule has 27 heavy (non-hydrogen) atoms. The Morgan fingerprint density at radius 2 is 1.89 bits per heavy atom. The number of hydrogen-bond donors (Lipinski definition) is 0. The third-order valence-corrected chi connectivity index (χ3v) is 5.20. The Balaban J connectivity index is 1.88. The topological polar surface area (TPSA) is 53.4 Å². The van der Waals surface area contributed by atoms with Crippen LogP contribution in [0.2, 0.25) is 5.02 Å². The Bertz CT molecular complexity index is 759. The molecule has 5 nitrogen and oxygen atoms in total. The fourth-order valence-electron chi connectivity index (χ4n) is 2.06. The lowest BCUT2D eigenvalue weighted by Gasteiger charge is -2.10. The van der Waals surface area contributed by atoms with Crippen molar-refractivity contribution in [3.63, 3.8) is 0 Å². The van der Waals surface area contributed by atoms with E-state index in [9.17, 15) is 8.68 Å². The summed E-state index contributed by atoms with van der Waals surface area (Å²) in [5, 5.41) is 4.13. The van der Waals surface area contributed by atoms with Crippen molar-refractivity contribution in [2.75, 3.05) is 18.1 Å². The van der Waals surface area contributed by atoms with E-state index in [4.69, 9.17) is 21.1 Å². The summed E-state index contributed by atoms with van der Waals surface area (Å²) in [5.41, 5.74) is 1.55. The molecule has 0 saturated heterocycles. The molecule has 2 rings (SSSR count).